The average Bonchev–Trinajstić information content (AvgIpc) is 3.45. The SMILES string of the molecule is CCC(=O)CCCCCC[C@H](NC(=O)[C@H]1CC12CCN(C)CC2)c1ncc(-c2cnc(/N=C/C(C)=C\N)nc2)[nH]1.[HH].[HH]. The lowest BCUT2D eigenvalue weighted by molar-refractivity contribution is -0.124. The summed E-state index contributed by atoms with van der Waals surface area (Å²) in [5, 5.41) is 3.34. The number of aromatic amines is 1. The number of hydrogen-bond donors (Lipinski definition) is 3. The molecular formula is C30H48N8O2. The van der Waals surface area contributed by atoms with E-state index in [4.69, 9.17) is 5.73 Å². The van der Waals surface area contributed by atoms with Crippen molar-refractivity contribution in [1.29, 1.82) is 0 Å². The van der Waals surface area contributed by atoms with Crippen molar-refractivity contribution in [3.05, 3.63) is 36.2 Å². The molecule has 0 unspecified atom stereocenters. The van der Waals surface area contributed by atoms with Crippen molar-refractivity contribution in [2.75, 3.05) is 20.1 Å². The van der Waals surface area contributed by atoms with Crippen molar-refractivity contribution in [1.82, 2.24) is 30.2 Å². The molecule has 10 heteroatoms. The molecule has 4 N–H and O–H groups in total. The molecule has 40 heavy (non-hydrogen) atoms. The number of nitrogens with one attached hydrogen (secondary N) is 2. The molecule has 4 rings (SSSR count). The summed E-state index contributed by atoms with van der Waals surface area (Å²) in [4.78, 5) is 48.3. The van der Waals surface area contributed by atoms with E-state index >= 15 is 0 Å². The Labute approximate surface area is 240 Å². The number of amides is 1. The van der Waals surface area contributed by atoms with E-state index in [0.717, 1.165) is 87.1 Å². The predicted molar refractivity (Wildman–Crippen MR) is 161 cm³/mol. The van der Waals surface area contributed by atoms with Crippen LogP contribution < -0.4 is 11.1 Å². The van der Waals surface area contributed by atoms with Gasteiger partial charge in [-0.05, 0) is 76.4 Å². The lowest BCUT2D eigenvalue weighted by Crippen LogP contribution is -2.36. The second-order valence-corrected chi connectivity index (χ2v) is 11.5. The molecule has 1 saturated heterocycles. The predicted octanol–water partition coefficient (Wildman–Crippen LogP) is 5.13. The van der Waals surface area contributed by atoms with E-state index in [1.807, 2.05) is 13.8 Å². The number of rotatable bonds is 14. The van der Waals surface area contributed by atoms with Crippen LogP contribution >= 0.6 is 0 Å². The van der Waals surface area contributed by atoms with Crippen molar-refractivity contribution in [3.8, 4) is 11.3 Å². The van der Waals surface area contributed by atoms with Crippen LogP contribution in [-0.2, 0) is 9.59 Å². The Morgan fingerprint density at radius 2 is 1.93 bits per heavy atom. The summed E-state index contributed by atoms with van der Waals surface area (Å²) in [5.41, 5.74) is 8.06. The van der Waals surface area contributed by atoms with Crippen LogP contribution in [0.15, 0.2) is 35.4 Å². The first-order valence-electron chi connectivity index (χ1n) is 14.6. The molecule has 220 valence electrons. The van der Waals surface area contributed by atoms with Gasteiger partial charge in [0.2, 0.25) is 11.9 Å². The van der Waals surface area contributed by atoms with Crippen molar-refractivity contribution in [2.24, 2.45) is 22.1 Å². The quantitative estimate of drug-likeness (QED) is 0.218. The smallest absolute Gasteiger partial charge is 0.249 e. The summed E-state index contributed by atoms with van der Waals surface area (Å²) >= 11 is 0. The first-order valence-corrected chi connectivity index (χ1v) is 14.6. The number of nitrogens with zero attached hydrogens (tertiary/aromatic N) is 5. The minimum atomic E-state index is -0.196. The van der Waals surface area contributed by atoms with Gasteiger partial charge in [0.15, 0.2) is 0 Å². The highest BCUT2D eigenvalue weighted by molar-refractivity contribution is 5.83. The second-order valence-electron chi connectivity index (χ2n) is 11.5. The van der Waals surface area contributed by atoms with Crippen LogP contribution in [0.1, 0.15) is 92.8 Å². The van der Waals surface area contributed by atoms with E-state index in [-0.39, 0.29) is 26.1 Å². The zero-order valence-electron chi connectivity index (χ0n) is 24.2. The molecule has 0 aromatic carbocycles. The number of nitrogens with two attached hydrogens (primary N) is 1. The van der Waals surface area contributed by atoms with E-state index in [1.165, 1.54) is 6.20 Å². The van der Waals surface area contributed by atoms with Gasteiger partial charge in [0.25, 0.3) is 0 Å². The molecule has 2 aromatic rings. The Hall–Kier alpha value is -3.40. The molecule has 1 amide bonds. The summed E-state index contributed by atoms with van der Waals surface area (Å²) in [5.74, 6) is 1.66. The number of likely N-dealkylation sites (tertiary alicyclic amines) is 1. The Balaban J connectivity index is 0.00000308. The van der Waals surface area contributed by atoms with Gasteiger partial charge in [-0.25, -0.2) is 19.9 Å². The molecule has 1 aliphatic carbocycles. The molecule has 1 saturated carbocycles. The van der Waals surface area contributed by atoms with Crippen molar-refractivity contribution in [2.45, 2.75) is 84.1 Å². The van der Waals surface area contributed by atoms with Crippen LogP contribution in [0.4, 0.5) is 5.95 Å². The highest BCUT2D eigenvalue weighted by atomic mass is 16.2. The van der Waals surface area contributed by atoms with Gasteiger partial charge in [0.05, 0.1) is 17.9 Å². The standard InChI is InChI=1S/C30H44N8O2.2H2/c1-4-23(39)9-7-5-6-8-10-25(37-28(40)24-15-30(24)11-13-38(3)14-12-30)27-32-20-26(36-27)22-18-34-29(35-19-22)33-17-21(2)16-31;;/h16-20,24-25H,4-15,31H2,1-3H3,(H,32,36)(H,37,40);2*1H/b21-16-,33-17+;;/t24-,25+;;/m1../s1. The largest absolute Gasteiger partial charge is 0.404 e. The Morgan fingerprint density at radius 1 is 1.20 bits per heavy atom. The number of carbonyl (C=O) groups is 2. The van der Waals surface area contributed by atoms with Gasteiger partial charge in [-0.15, -0.1) is 0 Å². The molecule has 2 aliphatic rings. The summed E-state index contributed by atoms with van der Waals surface area (Å²) in [7, 11) is 2.15. The van der Waals surface area contributed by atoms with Crippen LogP contribution in [0, 0.1) is 11.3 Å². The average molecular weight is 553 g/mol. The van der Waals surface area contributed by atoms with Crippen LogP contribution in [0.25, 0.3) is 11.3 Å². The van der Waals surface area contributed by atoms with Crippen molar-refractivity contribution < 1.29 is 12.4 Å². The number of H-pyrrole nitrogens is 1. The third kappa shape index (κ3) is 7.84. The molecule has 2 fully saturated rings. The maximum absolute atomic E-state index is 13.4. The van der Waals surface area contributed by atoms with E-state index in [9.17, 15) is 9.59 Å². The minimum absolute atomic E-state index is 0. The summed E-state index contributed by atoms with van der Waals surface area (Å²) in [6.07, 6.45) is 17.4. The number of ketones is 1. The van der Waals surface area contributed by atoms with Gasteiger partial charge in [0, 0.05) is 45.8 Å². The first-order chi connectivity index (χ1) is 19.3. The van der Waals surface area contributed by atoms with Gasteiger partial charge >= 0.3 is 0 Å². The Morgan fingerprint density at radius 3 is 2.62 bits per heavy atom. The van der Waals surface area contributed by atoms with E-state index < -0.39 is 0 Å². The molecule has 1 aliphatic heterocycles. The Bertz CT molecular complexity index is 1210. The molecule has 2 aromatic heterocycles. The Kier molecular flexibility index (Phi) is 10.2. The number of aliphatic imine (C=N–C) groups is 1. The van der Waals surface area contributed by atoms with Gasteiger partial charge < -0.3 is 20.9 Å². The minimum Gasteiger partial charge on any atom is -0.404 e. The number of imidazole rings is 1. The third-order valence-electron chi connectivity index (χ3n) is 8.42. The fraction of sp³-hybridized carbons (Fsp3) is 0.600. The topological polar surface area (TPSA) is 142 Å². The van der Waals surface area contributed by atoms with Crippen LogP contribution in [0.5, 0.6) is 0 Å². The highest BCUT2D eigenvalue weighted by Gasteiger charge is 2.58. The molecule has 3 heterocycles. The molecule has 0 bridgehead atoms. The summed E-state index contributed by atoms with van der Waals surface area (Å²) in [6, 6.07) is -0.196. The molecule has 10 nitrogen and oxygen atoms in total. The first kappa shape index (κ1) is 29.6. The summed E-state index contributed by atoms with van der Waals surface area (Å²) < 4.78 is 0. The van der Waals surface area contributed by atoms with E-state index in [2.05, 4.69) is 42.2 Å². The number of hydrogen-bond acceptors (Lipinski definition) is 8. The number of unbranched alkanes of at least 4 members (excludes halogenated alkanes) is 3. The van der Waals surface area contributed by atoms with Gasteiger partial charge in [-0.3, -0.25) is 9.59 Å². The van der Waals surface area contributed by atoms with Crippen LogP contribution in [-0.4, -0.2) is 62.9 Å². The number of aromatic nitrogens is 4. The lowest BCUT2D eigenvalue weighted by atomic mass is 9.91. The normalized spacial score (nSPS) is 19.7. The molecule has 1 spiro atoms. The maximum Gasteiger partial charge on any atom is 0.249 e. The van der Waals surface area contributed by atoms with Gasteiger partial charge in [-0.2, -0.15) is 0 Å². The van der Waals surface area contributed by atoms with Crippen molar-refractivity contribution >= 4 is 23.9 Å². The fourth-order valence-corrected chi connectivity index (χ4v) is 5.48. The van der Waals surface area contributed by atoms with Crippen LogP contribution in [0.3, 0.4) is 0 Å². The van der Waals surface area contributed by atoms with E-state index in [0.29, 0.717) is 24.6 Å². The third-order valence-corrected chi connectivity index (χ3v) is 8.42. The van der Waals surface area contributed by atoms with Crippen LogP contribution in [0.2, 0.25) is 0 Å². The lowest BCUT2D eigenvalue weighted by Gasteiger charge is -2.30. The van der Waals surface area contributed by atoms with Gasteiger partial charge in [0.1, 0.15) is 11.6 Å². The monoisotopic (exact) mass is 552 g/mol. The molecular weight excluding hydrogens is 504 g/mol. The molecule has 0 radical (unpaired) electrons. The van der Waals surface area contributed by atoms with E-state index in [1.54, 1.807) is 24.8 Å². The zero-order valence-corrected chi connectivity index (χ0v) is 24.2. The highest BCUT2D eigenvalue weighted by Crippen LogP contribution is 2.59. The fourth-order valence-electron chi connectivity index (χ4n) is 5.48. The molecule has 2 atom stereocenters. The number of Topliss-reactive ketones (excluding diaryl/α,β-unsaturated/α-hetero) is 1. The number of carbonyl (C=O) groups excluding carboxylic acids is 2. The van der Waals surface area contributed by atoms with Crippen molar-refractivity contribution in [3.63, 3.8) is 0 Å². The number of allylic oxidation sites excluding steroid dienone is 1. The van der Waals surface area contributed by atoms with Gasteiger partial charge in [-0.1, -0.05) is 26.2 Å². The second kappa shape index (κ2) is 13.8. The summed E-state index contributed by atoms with van der Waals surface area (Å²) in [6.45, 7) is 5.89. The zero-order chi connectivity index (χ0) is 28.5. The maximum atomic E-state index is 13.4. The number of piperidine rings is 1.